The summed E-state index contributed by atoms with van der Waals surface area (Å²) >= 11 is 0. The molecule has 0 heterocycles. The summed E-state index contributed by atoms with van der Waals surface area (Å²) in [5.74, 6) is -3.88. The van der Waals surface area contributed by atoms with Crippen molar-refractivity contribution < 1.29 is 34.6 Å². The fourth-order valence-electron chi connectivity index (χ4n) is 0.982. The zero-order chi connectivity index (χ0) is 14.9. The van der Waals surface area contributed by atoms with Crippen molar-refractivity contribution in [1.29, 1.82) is 0 Å². The number of alkyl halides is 5. The number of sulfonamides is 1. The van der Waals surface area contributed by atoms with Crippen molar-refractivity contribution in [2.75, 3.05) is 0 Å². The van der Waals surface area contributed by atoms with Crippen LogP contribution < -0.4 is 0 Å². The third-order valence-electron chi connectivity index (χ3n) is 1.82. The van der Waals surface area contributed by atoms with Crippen molar-refractivity contribution in [2.24, 2.45) is 3.77 Å². The zero-order valence-electron chi connectivity index (χ0n) is 8.84. The topological polar surface area (TPSA) is 63.6 Å². The van der Waals surface area contributed by atoms with Crippen LogP contribution in [0.1, 0.15) is 0 Å². The second-order valence-corrected chi connectivity index (χ2v) is 7.11. The SMILES string of the molecule is O=S(=O)(N=S(=O)(c1ccccc1)C(F)F)C(F)(F)F. The Bertz CT molecular complexity index is 659. The summed E-state index contributed by atoms with van der Waals surface area (Å²) in [7, 11) is -11.3. The molecule has 1 aromatic carbocycles. The molecule has 1 unspecified atom stereocenters. The van der Waals surface area contributed by atoms with E-state index in [0.717, 1.165) is 24.3 Å². The van der Waals surface area contributed by atoms with Crippen molar-refractivity contribution in [3.05, 3.63) is 30.3 Å². The van der Waals surface area contributed by atoms with Gasteiger partial charge in [-0.15, -0.1) is 0 Å². The summed E-state index contributed by atoms with van der Waals surface area (Å²) < 4.78 is 96.8. The monoisotopic (exact) mass is 323 g/mol. The van der Waals surface area contributed by atoms with Gasteiger partial charge in [-0.25, -0.2) is 4.21 Å². The molecule has 4 nitrogen and oxygen atoms in total. The molecule has 0 amide bonds. The van der Waals surface area contributed by atoms with Gasteiger partial charge in [-0.05, 0) is 12.1 Å². The van der Waals surface area contributed by atoms with Gasteiger partial charge in [0.2, 0.25) is 0 Å². The van der Waals surface area contributed by atoms with Gasteiger partial charge in [-0.2, -0.15) is 30.4 Å². The first kappa shape index (κ1) is 15.8. The second kappa shape index (κ2) is 5.04. The molecule has 0 spiro atoms. The Morgan fingerprint density at radius 3 is 1.84 bits per heavy atom. The molecule has 0 bridgehead atoms. The molecular weight excluding hydrogens is 317 g/mol. The van der Waals surface area contributed by atoms with Crippen LogP contribution in [0.2, 0.25) is 0 Å². The van der Waals surface area contributed by atoms with Crippen LogP contribution in [0.3, 0.4) is 0 Å². The minimum atomic E-state index is -6.28. The molecule has 0 aliphatic heterocycles. The van der Waals surface area contributed by atoms with E-state index in [-0.39, 0.29) is 0 Å². The molecule has 0 saturated carbocycles. The third-order valence-corrected chi connectivity index (χ3v) is 5.51. The van der Waals surface area contributed by atoms with Crippen LogP contribution in [0.15, 0.2) is 39.0 Å². The maximum atomic E-state index is 12.7. The molecule has 108 valence electrons. The molecule has 1 rings (SSSR count). The first-order valence-corrected chi connectivity index (χ1v) is 7.44. The van der Waals surface area contributed by atoms with Crippen LogP contribution in [0.25, 0.3) is 0 Å². The smallest absolute Gasteiger partial charge is 0.238 e. The second-order valence-electron chi connectivity index (χ2n) is 3.14. The van der Waals surface area contributed by atoms with Crippen LogP contribution in [-0.4, -0.2) is 23.9 Å². The summed E-state index contributed by atoms with van der Waals surface area (Å²) in [5, 5.41) is 0. The van der Waals surface area contributed by atoms with E-state index >= 15 is 0 Å². The molecule has 1 atom stereocenters. The van der Waals surface area contributed by atoms with E-state index in [1.165, 1.54) is 6.07 Å². The van der Waals surface area contributed by atoms with E-state index in [1.54, 1.807) is 0 Å². The average Bonchev–Trinajstić information content (AvgIpc) is 2.27. The van der Waals surface area contributed by atoms with Gasteiger partial charge in [-0.1, -0.05) is 22.0 Å². The fourth-order valence-corrected chi connectivity index (χ4v) is 3.84. The lowest BCUT2D eigenvalue weighted by Crippen LogP contribution is -2.24. The van der Waals surface area contributed by atoms with E-state index < -0.39 is 35.9 Å². The number of benzene rings is 1. The van der Waals surface area contributed by atoms with Crippen molar-refractivity contribution in [1.82, 2.24) is 0 Å². The first-order valence-electron chi connectivity index (χ1n) is 4.42. The van der Waals surface area contributed by atoms with Crippen LogP contribution in [0.4, 0.5) is 22.0 Å². The molecule has 11 heteroatoms. The van der Waals surface area contributed by atoms with Gasteiger partial charge >= 0.3 is 21.3 Å². The number of rotatable bonds is 3. The summed E-state index contributed by atoms with van der Waals surface area (Å²) in [5.41, 5.74) is -5.89. The van der Waals surface area contributed by atoms with Gasteiger partial charge in [0.15, 0.2) is 9.73 Å². The number of hydrogen-bond acceptors (Lipinski definition) is 3. The van der Waals surface area contributed by atoms with Crippen LogP contribution >= 0.6 is 0 Å². The minimum absolute atomic E-state index is 0.794. The number of halogens is 5. The predicted octanol–water partition coefficient (Wildman–Crippen LogP) is 2.59. The van der Waals surface area contributed by atoms with Crippen molar-refractivity contribution in [2.45, 2.75) is 16.2 Å². The lowest BCUT2D eigenvalue weighted by atomic mass is 10.4. The van der Waals surface area contributed by atoms with Gasteiger partial charge in [0.05, 0.1) is 4.90 Å². The highest BCUT2D eigenvalue weighted by molar-refractivity contribution is 8.03. The molecule has 0 aliphatic carbocycles. The Morgan fingerprint density at radius 2 is 1.47 bits per heavy atom. The Labute approximate surface area is 105 Å². The van der Waals surface area contributed by atoms with Crippen LogP contribution in [0, 0.1) is 0 Å². The standard InChI is InChI=1S/C8H6F5NO3S2/c9-7(10)18(15,6-4-2-1-3-5-6)14-19(16,17)8(11,12)13/h1-5,7H. The Kier molecular flexibility index (Phi) is 4.20. The lowest BCUT2D eigenvalue weighted by molar-refractivity contribution is -0.0434. The summed E-state index contributed by atoms with van der Waals surface area (Å²) in [6, 6.07) is 5.18. The van der Waals surface area contributed by atoms with Crippen molar-refractivity contribution >= 4 is 19.8 Å². The average molecular weight is 323 g/mol. The zero-order valence-corrected chi connectivity index (χ0v) is 10.5. The third kappa shape index (κ3) is 3.21. The molecule has 19 heavy (non-hydrogen) atoms. The summed E-state index contributed by atoms with van der Waals surface area (Å²) in [4.78, 5) is -0.794. The summed E-state index contributed by atoms with van der Waals surface area (Å²) in [6.07, 6.45) is 0. The quantitative estimate of drug-likeness (QED) is 0.803. The normalized spacial score (nSPS) is 16.1. The van der Waals surface area contributed by atoms with Crippen molar-refractivity contribution in [3.63, 3.8) is 0 Å². The van der Waals surface area contributed by atoms with E-state index in [9.17, 15) is 34.6 Å². The first-order chi connectivity index (χ1) is 8.51. The maximum absolute atomic E-state index is 12.7. The summed E-state index contributed by atoms with van der Waals surface area (Å²) in [6.45, 7) is 0. The molecule has 0 aliphatic rings. The lowest BCUT2D eigenvalue weighted by Gasteiger charge is -2.10. The predicted molar refractivity (Wildman–Crippen MR) is 56.3 cm³/mol. The maximum Gasteiger partial charge on any atom is 0.519 e. The Morgan fingerprint density at radius 1 is 1.00 bits per heavy atom. The van der Waals surface area contributed by atoms with Crippen LogP contribution in [0.5, 0.6) is 0 Å². The molecule has 0 saturated heterocycles. The van der Waals surface area contributed by atoms with E-state index in [2.05, 4.69) is 0 Å². The van der Waals surface area contributed by atoms with Gasteiger partial charge < -0.3 is 0 Å². The molecule has 0 N–H and O–H groups in total. The Balaban J connectivity index is 3.61. The van der Waals surface area contributed by atoms with E-state index in [1.807, 2.05) is 3.77 Å². The van der Waals surface area contributed by atoms with E-state index in [0.29, 0.717) is 0 Å². The molecule has 0 radical (unpaired) electrons. The molecule has 1 aromatic rings. The molecule has 0 aromatic heterocycles. The van der Waals surface area contributed by atoms with Crippen molar-refractivity contribution in [3.8, 4) is 0 Å². The minimum Gasteiger partial charge on any atom is -0.238 e. The molecular formula is C8H6F5NO3S2. The highest BCUT2D eigenvalue weighted by Gasteiger charge is 2.48. The van der Waals surface area contributed by atoms with Gasteiger partial charge in [0.1, 0.15) is 0 Å². The van der Waals surface area contributed by atoms with E-state index in [4.69, 9.17) is 0 Å². The van der Waals surface area contributed by atoms with Gasteiger partial charge in [-0.3, -0.25) is 0 Å². The van der Waals surface area contributed by atoms with Gasteiger partial charge in [0, 0.05) is 0 Å². The largest absolute Gasteiger partial charge is 0.519 e. The van der Waals surface area contributed by atoms with Gasteiger partial charge in [0.25, 0.3) is 0 Å². The number of hydrogen-bond donors (Lipinski definition) is 0. The highest BCUT2D eigenvalue weighted by atomic mass is 32.3. The highest BCUT2D eigenvalue weighted by Crippen LogP contribution is 2.30. The van der Waals surface area contributed by atoms with Crippen LogP contribution in [-0.2, 0) is 19.8 Å². The number of nitrogens with zero attached hydrogens (tertiary/aromatic N) is 1. The Hall–Kier alpha value is -1.23. The molecule has 0 fully saturated rings. The fraction of sp³-hybridized carbons (Fsp3) is 0.250.